The maximum atomic E-state index is 11.9. The average Bonchev–Trinajstić information content (AvgIpc) is 2.52. The van der Waals surface area contributed by atoms with Gasteiger partial charge in [0.2, 0.25) is 5.91 Å². The number of carbonyl (C=O) groups excluding carboxylic acids is 2. The van der Waals surface area contributed by atoms with Crippen molar-refractivity contribution in [3.8, 4) is 0 Å². The fourth-order valence-corrected chi connectivity index (χ4v) is 2.84. The number of primary amides is 1. The Kier molecular flexibility index (Phi) is 6.40. The Morgan fingerprint density at radius 1 is 1.27 bits per heavy atom. The molecule has 1 unspecified atom stereocenters. The van der Waals surface area contributed by atoms with Crippen molar-refractivity contribution in [3.05, 3.63) is 35.9 Å². The number of nitrogens with zero attached hydrogens (tertiary/aromatic N) is 1. The van der Waals surface area contributed by atoms with E-state index in [-0.39, 0.29) is 11.9 Å². The molecule has 1 aromatic rings. The van der Waals surface area contributed by atoms with Crippen molar-refractivity contribution in [2.75, 3.05) is 19.6 Å². The van der Waals surface area contributed by atoms with E-state index in [4.69, 9.17) is 10.5 Å². The predicted molar refractivity (Wildman–Crippen MR) is 83.8 cm³/mol. The van der Waals surface area contributed by atoms with Gasteiger partial charge in [-0.3, -0.25) is 14.5 Å². The van der Waals surface area contributed by atoms with Crippen LogP contribution in [0.5, 0.6) is 0 Å². The number of carbonyl (C=O) groups is 2. The Morgan fingerprint density at radius 3 is 2.77 bits per heavy atom. The number of esters is 1. The lowest BCUT2D eigenvalue weighted by Gasteiger charge is -2.31. The van der Waals surface area contributed by atoms with E-state index in [9.17, 15) is 9.59 Å². The Morgan fingerprint density at radius 2 is 2.05 bits per heavy atom. The number of amides is 1. The Bertz CT molecular complexity index is 490. The molecule has 2 N–H and O–H groups in total. The molecule has 0 aliphatic carbocycles. The van der Waals surface area contributed by atoms with E-state index in [2.05, 4.69) is 4.90 Å². The summed E-state index contributed by atoms with van der Waals surface area (Å²) in [5, 5.41) is 0. The van der Waals surface area contributed by atoms with Crippen LogP contribution in [0.25, 0.3) is 0 Å². The van der Waals surface area contributed by atoms with E-state index in [1.165, 1.54) is 0 Å². The Labute approximate surface area is 131 Å². The van der Waals surface area contributed by atoms with Gasteiger partial charge >= 0.3 is 5.97 Å². The second-order valence-electron chi connectivity index (χ2n) is 5.89. The van der Waals surface area contributed by atoms with Gasteiger partial charge in [0.25, 0.3) is 0 Å². The molecule has 2 rings (SSSR count). The first kappa shape index (κ1) is 16.5. The summed E-state index contributed by atoms with van der Waals surface area (Å²) in [4.78, 5) is 24.9. The highest BCUT2D eigenvalue weighted by atomic mass is 16.5. The standard InChI is InChI=1S/C17H24N2O3/c18-16(20)9-8-14-7-4-10-19(11-14)12-17(21)22-13-15-5-2-1-3-6-15/h1-3,5-6,14H,4,7-13H2,(H2,18,20). The molecule has 1 atom stereocenters. The van der Waals surface area contributed by atoms with Crippen LogP contribution in [0.2, 0.25) is 0 Å². The number of hydrogen-bond donors (Lipinski definition) is 1. The Balaban J connectivity index is 1.70. The van der Waals surface area contributed by atoms with E-state index >= 15 is 0 Å². The molecule has 0 radical (unpaired) electrons. The highest BCUT2D eigenvalue weighted by molar-refractivity contribution is 5.73. The molecule has 5 nitrogen and oxygen atoms in total. The molecule has 1 aliphatic rings. The zero-order chi connectivity index (χ0) is 15.8. The molecule has 1 fully saturated rings. The number of piperidine rings is 1. The summed E-state index contributed by atoms with van der Waals surface area (Å²) in [5.41, 5.74) is 6.19. The van der Waals surface area contributed by atoms with Crippen LogP contribution in [-0.2, 0) is 20.9 Å². The topological polar surface area (TPSA) is 72.6 Å². The summed E-state index contributed by atoms with van der Waals surface area (Å²) in [7, 11) is 0. The third-order valence-corrected chi connectivity index (χ3v) is 4.00. The van der Waals surface area contributed by atoms with E-state index in [0.29, 0.717) is 25.5 Å². The zero-order valence-electron chi connectivity index (χ0n) is 12.9. The lowest BCUT2D eigenvalue weighted by molar-refractivity contribution is -0.146. The number of ether oxygens (including phenoxy) is 1. The fraction of sp³-hybridized carbons (Fsp3) is 0.529. The minimum Gasteiger partial charge on any atom is -0.460 e. The second kappa shape index (κ2) is 8.54. The van der Waals surface area contributed by atoms with Gasteiger partial charge in [-0.05, 0) is 37.3 Å². The van der Waals surface area contributed by atoms with Crippen molar-refractivity contribution in [1.29, 1.82) is 0 Å². The molecule has 1 aromatic carbocycles. The normalized spacial score (nSPS) is 18.8. The van der Waals surface area contributed by atoms with Gasteiger partial charge in [-0.15, -0.1) is 0 Å². The highest BCUT2D eigenvalue weighted by Gasteiger charge is 2.22. The first-order valence-electron chi connectivity index (χ1n) is 7.83. The van der Waals surface area contributed by atoms with Gasteiger partial charge in [-0.1, -0.05) is 30.3 Å². The molecule has 1 heterocycles. The molecule has 120 valence electrons. The molecule has 0 aromatic heterocycles. The summed E-state index contributed by atoms with van der Waals surface area (Å²) in [6, 6.07) is 9.67. The quantitative estimate of drug-likeness (QED) is 0.778. The molecule has 0 spiro atoms. The lowest BCUT2D eigenvalue weighted by atomic mass is 9.93. The molecular formula is C17H24N2O3. The lowest BCUT2D eigenvalue weighted by Crippen LogP contribution is -2.39. The van der Waals surface area contributed by atoms with E-state index < -0.39 is 0 Å². The van der Waals surface area contributed by atoms with Gasteiger partial charge in [-0.2, -0.15) is 0 Å². The third-order valence-electron chi connectivity index (χ3n) is 4.00. The van der Waals surface area contributed by atoms with Crippen molar-refractivity contribution in [3.63, 3.8) is 0 Å². The maximum Gasteiger partial charge on any atom is 0.320 e. The van der Waals surface area contributed by atoms with Crippen molar-refractivity contribution < 1.29 is 14.3 Å². The van der Waals surface area contributed by atoms with Crippen LogP contribution >= 0.6 is 0 Å². The summed E-state index contributed by atoms with van der Waals surface area (Å²) in [6.07, 6.45) is 3.39. The predicted octanol–water partition coefficient (Wildman–Crippen LogP) is 1.71. The van der Waals surface area contributed by atoms with Crippen LogP contribution in [0.4, 0.5) is 0 Å². The van der Waals surface area contributed by atoms with Gasteiger partial charge in [0.05, 0.1) is 6.54 Å². The molecule has 5 heteroatoms. The van der Waals surface area contributed by atoms with Gasteiger partial charge in [0.15, 0.2) is 0 Å². The fourth-order valence-electron chi connectivity index (χ4n) is 2.84. The number of rotatable bonds is 7. The van der Waals surface area contributed by atoms with Crippen LogP contribution in [0.1, 0.15) is 31.2 Å². The van der Waals surface area contributed by atoms with Crippen molar-refractivity contribution >= 4 is 11.9 Å². The zero-order valence-corrected chi connectivity index (χ0v) is 12.9. The Hall–Kier alpha value is -1.88. The van der Waals surface area contributed by atoms with Gasteiger partial charge < -0.3 is 10.5 Å². The molecule has 22 heavy (non-hydrogen) atoms. The van der Waals surface area contributed by atoms with Gasteiger partial charge in [-0.25, -0.2) is 0 Å². The van der Waals surface area contributed by atoms with Crippen LogP contribution in [0, 0.1) is 5.92 Å². The second-order valence-corrected chi connectivity index (χ2v) is 5.89. The van der Waals surface area contributed by atoms with Gasteiger partial charge in [0.1, 0.15) is 6.61 Å². The molecule has 1 amide bonds. The van der Waals surface area contributed by atoms with Crippen molar-refractivity contribution in [2.45, 2.75) is 32.3 Å². The van der Waals surface area contributed by atoms with E-state index in [1.807, 2.05) is 30.3 Å². The first-order valence-corrected chi connectivity index (χ1v) is 7.83. The minimum absolute atomic E-state index is 0.195. The molecular weight excluding hydrogens is 280 g/mol. The molecule has 1 saturated heterocycles. The summed E-state index contributed by atoms with van der Waals surface area (Å²) >= 11 is 0. The summed E-state index contributed by atoms with van der Waals surface area (Å²) < 4.78 is 5.31. The van der Waals surface area contributed by atoms with Crippen LogP contribution in [0.3, 0.4) is 0 Å². The molecule has 0 saturated carbocycles. The maximum absolute atomic E-state index is 11.9. The van der Waals surface area contributed by atoms with Crippen molar-refractivity contribution in [2.24, 2.45) is 11.7 Å². The summed E-state index contributed by atoms with van der Waals surface area (Å²) in [5.74, 6) is 0.00183. The smallest absolute Gasteiger partial charge is 0.320 e. The van der Waals surface area contributed by atoms with Crippen LogP contribution in [0.15, 0.2) is 30.3 Å². The SMILES string of the molecule is NC(=O)CCC1CCCN(CC(=O)OCc2ccccc2)C1. The largest absolute Gasteiger partial charge is 0.460 e. The monoisotopic (exact) mass is 304 g/mol. The minimum atomic E-state index is -0.251. The molecule has 0 bridgehead atoms. The highest BCUT2D eigenvalue weighted by Crippen LogP contribution is 2.20. The first-order chi connectivity index (χ1) is 10.6. The third kappa shape index (κ3) is 5.85. The van der Waals surface area contributed by atoms with E-state index in [1.54, 1.807) is 0 Å². The van der Waals surface area contributed by atoms with E-state index in [0.717, 1.165) is 37.9 Å². The number of benzene rings is 1. The summed E-state index contributed by atoms with van der Waals surface area (Å²) in [6.45, 7) is 2.39. The van der Waals surface area contributed by atoms with Gasteiger partial charge in [0, 0.05) is 13.0 Å². The molecule has 1 aliphatic heterocycles. The number of nitrogens with two attached hydrogens (primary N) is 1. The van der Waals surface area contributed by atoms with Crippen LogP contribution < -0.4 is 5.73 Å². The average molecular weight is 304 g/mol. The number of hydrogen-bond acceptors (Lipinski definition) is 4. The van der Waals surface area contributed by atoms with Crippen LogP contribution in [-0.4, -0.2) is 36.4 Å². The van der Waals surface area contributed by atoms with Crippen molar-refractivity contribution in [1.82, 2.24) is 4.90 Å². The number of likely N-dealkylation sites (tertiary alicyclic amines) is 1.